The van der Waals surface area contributed by atoms with Gasteiger partial charge in [-0.25, -0.2) is 4.79 Å². The van der Waals surface area contributed by atoms with E-state index in [1.165, 1.54) is 6.20 Å². The van der Waals surface area contributed by atoms with Crippen LogP contribution in [-0.2, 0) is 0 Å². The first kappa shape index (κ1) is 20.3. The molecule has 1 aromatic carbocycles. The molecule has 3 atom stereocenters. The first-order valence-corrected chi connectivity index (χ1v) is 10.1. The van der Waals surface area contributed by atoms with Gasteiger partial charge in [-0.15, -0.1) is 12.4 Å². The van der Waals surface area contributed by atoms with Crippen LogP contribution in [-0.4, -0.2) is 34.8 Å². The van der Waals surface area contributed by atoms with E-state index in [1.807, 2.05) is 10.6 Å². The van der Waals surface area contributed by atoms with Gasteiger partial charge in [0.25, 0.3) is 0 Å². The Kier molecular flexibility index (Phi) is 5.13. The number of hydrogen-bond acceptors (Lipinski definition) is 4. The zero-order chi connectivity index (χ0) is 19.6. The molecule has 2 aliphatic carbocycles. The number of anilines is 1. The van der Waals surface area contributed by atoms with E-state index < -0.39 is 11.4 Å². The molecule has 8 heteroatoms. The Balaban J connectivity index is 0.00000205. The van der Waals surface area contributed by atoms with Crippen molar-refractivity contribution in [3.8, 4) is 0 Å². The number of benzene rings is 1. The van der Waals surface area contributed by atoms with Gasteiger partial charge in [0, 0.05) is 36.8 Å². The lowest BCUT2D eigenvalue weighted by molar-refractivity contribution is 0.0695. The van der Waals surface area contributed by atoms with Crippen molar-refractivity contribution >= 4 is 46.6 Å². The fraction of sp³-hybridized carbons (Fsp3) is 0.429. The smallest absolute Gasteiger partial charge is 0.341 e. The van der Waals surface area contributed by atoms with Crippen molar-refractivity contribution in [1.82, 2.24) is 4.57 Å². The van der Waals surface area contributed by atoms with Gasteiger partial charge in [-0.1, -0.05) is 23.8 Å². The predicted molar refractivity (Wildman–Crippen MR) is 117 cm³/mol. The number of nitrogens with two attached hydrogens (primary N) is 1. The minimum atomic E-state index is -1.20. The average Bonchev–Trinajstić information content (AvgIpc) is 3.41. The van der Waals surface area contributed by atoms with E-state index in [4.69, 9.17) is 17.3 Å². The summed E-state index contributed by atoms with van der Waals surface area (Å²) in [7, 11) is 0. The topological polar surface area (TPSA) is 88.6 Å². The van der Waals surface area contributed by atoms with Gasteiger partial charge in [-0.3, -0.25) is 4.79 Å². The van der Waals surface area contributed by atoms with Gasteiger partial charge in [0.15, 0.2) is 0 Å². The summed E-state index contributed by atoms with van der Waals surface area (Å²) in [6.45, 7) is 1.72. The van der Waals surface area contributed by atoms with E-state index in [0.717, 1.165) is 38.0 Å². The quantitative estimate of drug-likeness (QED) is 0.720. The first-order valence-electron chi connectivity index (χ1n) is 9.73. The number of fused-ring (bicyclic) bond motifs is 2. The highest BCUT2D eigenvalue weighted by Gasteiger charge is 2.38. The zero-order valence-corrected chi connectivity index (χ0v) is 17.3. The van der Waals surface area contributed by atoms with E-state index >= 15 is 0 Å². The fourth-order valence-corrected chi connectivity index (χ4v) is 5.15. The monoisotopic (exact) mass is 435 g/mol. The molecule has 1 aromatic heterocycles. The molecular weight excluding hydrogens is 413 g/mol. The summed E-state index contributed by atoms with van der Waals surface area (Å²) < 4.78 is 1.89. The summed E-state index contributed by atoms with van der Waals surface area (Å²) in [6.07, 6.45) is 8.66. The molecule has 1 saturated carbocycles. The van der Waals surface area contributed by atoms with E-state index in [1.54, 1.807) is 6.07 Å². The van der Waals surface area contributed by atoms with Crippen molar-refractivity contribution in [2.45, 2.75) is 31.3 Å². The van der Waals surface area contributed by atoms with Crippen LogP contribution >= 0.6 is 24.0 Å². The van der Waals surface area contributed by atoms with Crippen molar-refractivity contribution in [3.05, 3.63) is 51.3 Å². The predicted octanol–water partition coefficient (Wildman–Crippen LogP) is 3.45. The SMILES string of the molecule is Cl.NC1C=CCC2CN(c3ccc4c(=O)c(C(=O)O)cn(C5CC5)c4c3Cl)CC12. The second-order valence-electron chi connectivity index (χ2n) is 8.18. The first-order chi connectivity index (χ1) is 13.5. The number of aromatic nitrogens is 1. The minimum absolute atomic E-state index is 0. The lowest BCUT2D eigenvalue weighted by atomic mass is 9.83. The Morgan fingerprint density at radius 1 is 1.24 bits per heavy atom. The molecule has 0 bridgehead atoms. The molecule has 0 spiro atoms. The lowest BCUT2D eigenvalue weighted by Gasteiger charge is -2.25. The Labute approximate surface area is 179 Å². The molecule has 3 unspecified atom stereocenters. The van der Waals surface area contributed by atoms with Gasteiger partial charge < -0.3 is 20.3 Å². The summed E-state index contributed by atoms with van der Waals surface area (Å²) >= 11 is 6.84. The van der Waals surface area contributed by atoms with E-state index in [0.29, 0.717) is 27.8 Å². The van der Waals surface area contributed by atoms with Crippen molar-refractivity contribution in [2.75, 3.05) is 18.0 Å². The van der Waals surface area contributed by atoms with E-state index in [9.17, 15) is 14.7 Å². The van der Waals surface area contributed by atoms with Crippen molar-refractivity contribution in [3.63, 3.8) is 0 Å². The van der Waals surface area contributed by atoms with Gasteiger partial charge in [-0.2, -0.15) is 0 Å². The molecule has 29 heavy (non-hydrogen) atoms. The normalized spacial score (nSPS) is 25.7. The summed E-state index contributed by atoms with van der Waals surface area (Å²) in [5.41, 5.74) is 7.14. The van der Waals surface area contributed by atoms with Crippen LogP contribution in [0.5, 0.6) is 0 Å². The number of allylic oxidation sites excluding steroid dienone is 1. The maximum atomic E-state index is 12.7. The van der Waals surface area contributed by atoms with Crippen LogP contribution in [0.3, 0.4) is 0 Å². The number of halogens is 2. The van der Waals surface area contributed by atoms with Crippen LogP contribution in [0.15, 0.2) is 35.3 Å². The lowest BCUT2D eigenvalue weighted by Crippen LogP contribution is -2.35. The molecule has 3 N–H and O–H groups in total. The number of carboxylic acid groups (broad SMARTS) is 1. The summed E-state index contributed by atoms with van der Waals surface area (Å²) in [5.74, 6) is -0.296. The highest BCUT2D eigenvalue weighted by atomic mass is 35.5. The molecule has 1 aliphatic heterocycles. The molecule has 154 valence electrons. The standard InChI is InChI=1S/C21H22ClN3O3.ClH/c22-18-17(24-8-11-2-1-3-16(23)14(11)9-24)7-6-13-19(18)25(12-4-5-12)10-15(20(13)26)21(27)28;/h1,3,6-7,10-12,14,16H,2,4-5,8-9,23H2,(H,27,28);1H. The molecule has 2 heterocycles. The minimum Gasteiger partial charge on any atom is -0.477 e. The molecule has 0 amide bonds. The Morgan fingerprint density at radius 3 is 2.66 bits per heavy atom. The van der Waals surface area contributed by atoms with Gasteiger partial charge in [0.2, 0.25) is 5.43 Å². The number of nitrogens with zero attached hydrogens (tertiary/aromatic N) is 2. The fourth-order valence-electron chi connectivity index (χ4n) is 4.77. The second kappa shape index (κ2) is 7.35. The molecule has 0 radical (unpaired) electrons. The molecular formula is C21H23Cl2N3O3. The Morgan fingerprint density at radius 2 is 2.00 bits per heavy atom. The van der Waals surface area contributed by atoms with Gasteiger partial charge in [0.1, 0.15) is 5.56 Å². The molecule has 2 fully saturated rings. The summed E-state index contributed by atoms with van der Waals surface area (Å²) in [5, 5.41) is 10.3. The van der Waals surface area contributed by atoms with Gasteiger partial charge >= 0.3 is 5.97 Å². The average molecular weight is 436 g/mol. The maximum absolute atomic E-state index is 12.7. The number of carboxylic acids is 1. The van der Waals surface area contributed by atoms with Crippen LogP contribution in [0.25, 0.3) is 10.9 Å². The second-order valence-corrected chi connectivity index (χ2v) is 8.56. The molecule has 6 nitrogen and oxygen atoms in total. The van der Waals surface area contributed by atoms with Crippen molar-refractivity contribution in [2.24, 2.45) is 17.6 Å². The zero-order valence-electron chi connectivity index (χ0n) is 15.8. The van der Waals surface area contributed by atoms with Crippen LogP contribution in [0.1, 0.15) is 35.7 Å². The third-order valence-corrected chi connectivity index (χ3v) is 6.78. The van der Waals surface area contributed by atoms with Gasteiger partial charge in [0.05, 0.1) is 16.2 Å². The van der Waals surface area contributed by atoms with Crippen LogP contribution < -0.4 is 16.1 Å². The summed E-state index contributed by atoms with van der Waals surface area (Å²) in [6, 6.07) is 3.84. The van der Waals surface area contributed by atoms with Crippen LogP contribution in [0.4, 0.5) is 5.69 Å². The largest absolute Gasteiger partial charge is 0.477 e. The number of aromatic carboxylic acids is 1. The van der Waals surface area contributed by atoms with E-state index in [-0.39, 0.29) is 30.1 Å². The van der Waals surface area contributed by atoms with E-state index in [2.05, 4.69) is 17.1 Å². The molecule has 1 saturated heterocycles. The number of carbonyl (C=O) groups is 1. The third-order valence-electron chi connectivity index (χ3n) is 6.41. The Hall–Kier alpha value is -2.02. The van der Waals surface area contributed by atoms with Crippen molar-refractivity contribution in [1.29, 1.82) is 0 Å². The summed E-state index contributed by atoms with van der Waals surface area (Å²) in [4.78, 5) is 26.5. The highest BCUT2D eigenvalue weighted by molar-refractivity contribution is 6.38. The van der Waals surface area contributed by atoms with Crippen molar-refractivity contribution < 1.29 is 9.90 Å². The van der Waals surface area contributed by atoms with Gasteiger partial charge in [-0.05, 0) is 43.2 Å². The number of pyridine rings is 1. The number of rotatable bonds is 3. The molecule has 2 aromatic rings. The molecule has 5 rings (SSSR count). The maximum Gasteiger partial charge on any atom is 0.341 e. The highest BCUT2D eigenvalue weighted by Crippen LogP contribution is 2.43. The third kappa shape index (κ3) is 3.23. The number of hydrogen-bond donors (Lipinski definition) is 2. The van der Waals surface area contributed by atoms with Crippen LogP contribution in [0, 0.1) is 11.8 Å². The molecule has 3 aliphatic rings. The Bertz CT molecular complexity index is 1080. The van der Waals surface area contributed by atoms with Crippen LogP contribution in [0.2, 0.25) is 5.02 Å².